The number of aromatic nitrogens is 7. The number of nitrogens with zero attached hydrogens (tertiary/aromatic N) is 8. The fourth-order valence-electron chi connectivity index (χ4n) is 3.94. The Morgan fingerprint density at radius 1 is 0.967 bits per heavy atom. The van der Waals surface area contributed by atoms with E-state index in [-0.39, 0.29) is 6.04 Å². The Labute approximate surface area is 183 Å². The van der Waals surface area contributed by atoms with Crippen molar-refractivity contribution in [2.24, 2.45) is 0 Å². The molecule has 0 N–H and O–H groups in total. The summed E-state index contributed by atoms with van der Waals surface area (Å²) in [6.45, 7) is 8.03. The van der Waals surface area contributed by atoms with E-state index in [4.69, 9.17) is 28.3 Å². The minimum atomic E-state index is 0.0456. The van der Waals surface area contributed by atoms with E-state index in [0.717, 1.165) is 36.1 Å². The summed E-state index contributed by atoms with van der Waals surface area (Å²) in [7, 11) is 0. The number of halogens is 2. The van der Waals surface area contributed by atoms with E-state index in [9.17, 15) is 0 Å². The van der Waals surface area contributed by atoms with Gasteiger partial charge in [-0.25, -0.2) is 0 Å². The van der Waals surface area contributed by atoms with E-state index in [1.54, 1.807) is 22.7 Å². The third-order valence-electron chi connectivity index (χ3n) is 5.39. The molecule has 30 heavy (non-hydrogen) atoms. The van der Waals surface area contributed by atoms with Crippen molar-refractivity contribution in [1.29, 1.82) is 0 Å². The molecule has 0 fully saturated rings. The molecule has 0 saturated carbocycles. The predicted octanol–water partition coefficient (Wildman–Crippen LogP) is 4.39. The van der Waals surface area contributed by atoms with E-state index in [0.29, 0.717) is 27.4 Å². The second kappa shape index (κ2) is 7.21. The maximum absolute atomic E-state index is 6.18. The van der Waals surface area contributed by atoms with Gasteiger partial charge in [-0.15, -0.1) is 25.5 Å². The minimum absolute atomic E-state index is 0.0456. The molecule has 8 nitrogen and oxygen atoms in total. The van der Waals surface area contributed by atoms with Crippen LogP contribution in [0.3, 0.4) is 0 Å². The fraction of sp³-hybridized carbons (Fsp3) is 0.350. The largest absolute Gasteiger partial charge is 0.343 e. The number of anilines is 1. The molecule has 4 aromatic rings. The van der Waals surface area contributed by atoms with Gasteiger partial charge in [0.05, 0.1) is 6.04 Å². The van der Waals surface area contributed by atoms with Crippen LogP contribution >= 0.6 is 23.2 Å². The predicted molar refractivity (Wildman–Crippen MR) is 116 cm³/mol. The fourth-order valence-corrected chi connectivity index (χ4v) is 4.47. The first-order chi connectivity index (χ1) is 14.4. The highest BCUT2D eigenvalue weighted by atomic mass is 35.5. The summed E-state index contributed by atoms with van der Waals surface area (Å²) in [4.78, 5) is 2.22. The Hall–Kier alpha value is -2.71. The molecule has 4 heterocycles. The third kappa shape index (κ3) is 3.11. The summed E-state index contributed by atoms with van der Waals surface area (Å²) in [5, 5.41) is 23.3. The molecule has 154 valence electrons. The van der Waals surface area contributed by atoms with Crippen molar-refractivity contribution in [3.05, 3.63) is 52.0 Å². The van der Waals surface area contributed by atoms with Crippen molar-refractivity contribution in [3.63, 3.8) is 0 Å². The van der Waals surface area contributed by atoms with E-state index in [1.807, 2.05) is 12.1 Å². The normalized spacial score (nSPS) is 16.5. The zero-order chi connectivity index (χ0) is 21.0. The highest BCUT2D eigenvalue weighted by molar-refractivity contribution is 6.35. The van der Waals surface area contributed by atoms with E-state index >= 15 is 0 Å². The molecule has 1 aliphatic rings. The lowest BCUT2D eigenvalue weighted by Gasteiger charge is -2.34. The van der Waals surface area contributed by atoms with Crippen LogP contribution in [0.4, 0.5) is 5.82 Å². The van der Waals surface area contributed by atoms with Crippen molar-refractivity contribution in [1.82, 2.24) is 34.6 Å². The van der Waals surface area contributed by atoms with Gasteiger partial charge in [-0.1, -0.05) is 37.0 Å². The average Bonchev–Trinajstić information content (AvgIpc) is 3.31. The van der Waals surface area contributed by atoms with Gasteiger partial charge in [0.2, 0.25) is 0 Å². The Morgan fingerprint density at radius 2 is 1.73 bits per heavy atom. The zero-order valence-corrected chi connectivity index (χ0v) is 18.3. The first kappa shape index (κ1) is 19.3. The molecule has 1 aliphatic heterocycles. The number of rotatable bonds is 3. The SMILES string of the molecule is CC(C)c1nnc2n1CCN(c1ccc3nnc(-c4cc(Cl)cc(Cl)c4)n3n1)C2C. The molecular formula is C20H20Cl2N8. The lowest BCUT2D eigenvalue weighted by Crippen LogP contribution is -2.38. The van der Waals surface area contributed by atoms with Crippen LogP contribution in [0.2, 0.25) is 10.0 Å². The summed E-state index contributed by atoms with van der Waals surface area (Å²) >= 11 is 12.4. The molecule has 1 atom stereocenters. The van der Waals surface area contributed by atoms with Crippen LogP contribution in [0.1, 0.15) is 44.4 Å². The topological polar surface area (TPSA) is 77.0 Å². The Kier molecular flexibility index (Phi) is 4.63. The van der Waals surface area contributed by atoms with Crippen LogP contribution in [0, 0.1) is 0 Å². The average molecular weight is 443 g/mol. The maximum Gasteiger partial charge on any atom is 0.185 e. The zero-order valence-electron chi connectivity index (χ0n) is 16.8. The standard InChI is InChI=1S/C20H20Cl2N8/c1-11(2)18-24-25-19-12(3)28(6-7-29(18)19)17-5-4-16-23-26-20(30(16)27-17)13-8-14(21)10-15(22)9-13/h4-5,8-12H,6-7H2,1-3H3. The monoisotopic (exact) mass is 442 g/mol. The molecule has 0 amide bonds. The van der Waals surface area contributed by atoms with E-state index < -0.39 is 0 Å². The highest BCUT2D eigenvalue weighted by Gasteiger charge is 2.30. The van der Waals surface area contributed by atoms with Crippen molar-refractivity contribution >= 4 is 34.7 Å². The summed E-state index contributed by atoms with van der Waals surface area (Å²) in [5.74, 6) is 3.73. The minimum Gasteiger partial charge on any atom is -0.343 e. The molecular weight excluding hydrogens is 423 g/mol. The van der Waals surface area contributed by atoms with Crippen molar-refractivity contribution in [2.75, 3.05) is 11.4 Å². The molecule has 1 aromatic carbocycles. The Balaban J connectivity index is 1.55. The highest BCUT2D eigenvalue weighted by Crippen LogP contribution is 2.31. The lowest BCUT2D eigenvalue weighted by molar-refractivity contribution is 0.475. The number of hydrogen-bond acceptors (Lipinski definition) is 6. The van der Waals surface area contributed by atoms with Gasteiger partial charge in [0, 0.05) is 34.6 Å². The van der Waals surface area contributed by atoms with Crippen LogP contribution in [0.15, 0.2) is 30.3 Å². The lowest BCUT2D eigenvalue weighted by atomic mass is 10.1. The van der Waals surface area contributed by atoms with Gasteiger partial charge in [0.15, 0.2) is 17.3 Å². The van der Waals surface area contributed by atoms with E-state index in [2.05, 4.69) is 50.6 Å². The molecule has 5 rings (SSSR count). The van der Waals surface area contributed by atoms with Crippen molar-refractivity contribution in [2.45, 2.75) is 39.3 Å². The summed E-state index contributed by atoms with van der Waals surface area (Å²) in [5.41, 5.74) is 1.41. The first-order valence-electron chi connectivity index (χ1n) is 9.81. The van der Waals surface area contributed by atoms with Gasteiger partial charge in [-0.2, -0.15) is 4.52 Å². The van der Waals surface area contributed by atoms with Gasteiger partial charge < -0.3 is 9.47 Å². The second-order valence-electron chi connectivity index (χ2n) is 7.74. The molecule has 10 heteroatoms. The van der Waals surface area contributed by atoms with Gasteiger partial charge in [0.1, 0.15) is 11.6 Å². The summed E-state index contributed by atoms with van der Waals surface area (Å²) < 4.78 is 3.95. The van der Waals surface area contributed by atoms with Crippen molar-refractivity contribution in [3.8, 4) is 11.4 Å². The van der Waals surface area contributed by atoms with Crippen LogP contribution in [-0.4, -0.2) is 41.1 Å². The smallest absolute Gasteiger partial charge is 0.185 e. The van der Waals surface area contributed by atoms with Crippen LogP contribution in [-0.2, 0) is 6.54 Å². The number of hydrogen-bond donors (Lipinski definition) is 0. The van der Waals surface area contributed by atoms with E-state index in [1.165, 1.54) is 0 Å². The quantitative estimate of drug-likeness (QED) is 0.467. The number of fused-ring (bicyclic) bond motifs is 2. The molecule has 0 spiro atoms. The molecule has 0 bridgehead atoms. The van der Waals surface area contributed by atoms with Gasteiger partial charge in [-0.05, 0) is 37.3 Å². The Bertz CT molecular complexity index is 1220. The summed E-state index contributed by atoms with van der Waals surface area (Å²) in [6, 6.07) is 9.21. The molecule has 0 saturated heterocycles. The molecule has 1 unspecified atom stereocenters. The third-order valence-corrected chi connectivity index (χ3v) is 5.83. The first-order valence-corrected chi connectivity index (χ1v) is 10.6. The number of benzene rings is 1. The van der Waals surface area contributed by atoms with Gasteiger partial charge in [-0.3, -0.25) is 0 Å². The van der Waals surface area contributed by atoms with Crippen molar-refractivity contribution < 1.29 is 0 Å². The Morgan fingerprint density at radius 3 is 2.47 bits per heavy atom. The maximum atomic E-state index is 6.18. The molecule has 0 aliphatic carbocycles. The van der Waals surface area contributed by atoms with Gasteiger partial charge in [0.25, 0.3) is 0 Å². The molecule has 3 aromatic heterocycles. The van der Waals surface area contributed by atoms with Gasteiger partial charge >= 0.3 is 0 Å². The van der Waals surface area contributed by atoms with Crippen LogP contribution in [0.5, 0.6) is 0 Å². The second-order valence-corrected chi connectivity index (χ2v) is 8.61. The van der Waals surface area contributed by atoms with Crippen LogP contribution < -0.4 is 4.90 Å². The summed E-state index contributed by atoms with van der Waals surface area (Å²) in [6.07, 6.45) is 0. The molecule has 0 radical (unpaired) electrons. The van der Waals surface area contributed by atoms with Crippen LogP contribution in [0.25, 0.3) is 17.0 Å².